The molecular weight excluding hydrogens is 547 g/mol. The molecule has 1 saturated heterocycles. The minimum atomic E-state index is -1.32. The molecule has 3 atom stereocenters. The number of hydrogen-bond donors (Lipinski definition) is 3. The summed E-state index contributed by atoms with van der Waals surface area (Å²) in [6, 6.07) is 2.71. The molecule has 3 aliphatic heterocycles. The number of fused-ring (bicyclic) bond motifs is 6. The smallest absolute Gasteiger partial charge is 0.346 e. The maximum Gasteiger partial charge on any atom is 0.346 e. The van der Waals surface area contributed by atoms with E-state index in [0.29, 0.717) is 46.4 Å². The predicted molar refractivity (Wildman–Crippen MR) is 149 cm³/mol. The Hall–Kier alpha value is -4.42. The molecule has 1 fully saturated rings. The molecule has 3 N–H and O–H groups in total. The van der Waals surface area contributed by atoms with Crippen LogP contribution in [0.15, 0.2) is 26.5 Å². The third-order valence-corrected chi connectivity index (χ3v) is 9.31. The molecule has 4 aliphatic rings. The van der Waals surface area contributed by atoms with Crippen molar-refractivity contribution in [3.63, 3.8) is 0 Å². The Morgan fingerprint density at radius 3 is 2.64 bits per heavy atom. The van der Waals surface area contributed by atoms with Crippen LogP contribution in [0.4, 0.5) is 15.8 Å². The summed E-state index contributed by atoms with van der Waals surface area (Å²) in [4.78, 5) is 56.3. The van der Waals surface area contributed by atoms with E-state index in [0.717, 1.165) is 22.1 Å². The first-order chi connectivity index (χ1) is 20.2. The van der Waals surface area contributed by atoms with E-state index in [1.807, 2.05) is 0 Å². The molecule has 1 unspecified atom stereocenters. The average molecular weight is 573 g/mol. The topological polar surface area (TPSA) is 152 Å². The molecule has 1 spiro atoms. The first kappa shape index (κ1) is 25.3. The van der Waals surface area contributed by atoms with E-state index in [-0.39, 0.29) is 49.1 Å². The number of hydrogen-bond acceptors (Lipinski definition) is 10. The van der Waals surface area contributed by atoms with E-state index in [9.17, 15) is 24.3 Å². The quantitative estimate of drug-likeness (QED) is 0.161. The second kappa shape index (κ2) is 8.33. The molecule has 8 rings (SSSR count). The highest BCUT2D eigenvalue weighted by Crippen LogP contribution is 2.52. The Morgan fingerprint density at radius 2 is 1.90 bits per heavy atom. The summed E-state index contributed by atoms with van der Waals surface area (Å²) in [5.74, 6) is -0.917. The molecule has 0 saturated carbocycles. The van der Waals surface area contributed by atoms with Gasteiger partial charge in [0.1, 0.15) is 29.9 Å². The van der Waals surface area contributed by atoms with Gasteiger partial charge in [-0.3, -0.25) is 14.4 Å². The fourth-order valence-electron chi connectivity index (χ4n) is 7.11. The van der Waals surface area contributed by atoms with Crippen LogP contribution in [0.3, 0.4) is 0 Å². The van der Waals surface area contributed by atoms with Crippen LogP contribution in [0.1, 0.15) is 52.8 Å². The van der Waals surface area contributed by atoms with Gasteiger partial charge < -0.3 is 29.8 Å². The van der Waals surface area contributed by atoms with Crippen molar-refractivity contribution in [2.75, 3.05) is 23.8 Å². The van der Waals surface area contributed by atoms with Crippen molar-refractivity contribution in [2.45, 2.75) is 57.6 Å². The van der Waals surface area contributed by atoms with Gasteiger partial charge in [0.05, 0.1) is 41.7 Å². The van der Waals surface area contributed by atoms with Crippen molar-refractivity contribution in [2.24, 2.45) is 0 Å². The van der Waals surface area contributed by atoms with Crippen molar-refractivity contribution in [3.05, 3.63) is 82.1 Å². The Kier molecular flexibility index (Phi) is 5.02. The molecule has 5 heterocycles. The normalized spacial score (nSPS) is 23.1. The minimum Gasteiger partial charge on any atom is -0.458 e. The molecule has 0 bridgehead atoms. The fraction of sp³-hybridized carbons (Fsp3) is 0.367. The number of aromatic nitrogens is 2. The van der Waals surface area contributed by atoms with Gasteiger partial charge in [-0.1, -0.05) is 0 Å². The first-order valence-corrected chi connectivity index (χ1v) is 13.9. The monoisotopic (exact) mass is 572 g/mol. The SMILES string of the molecule is Cc1c(F)cc2nc3c(c4c2c1CC[C@@H]4Nc1c(NCCO)c(=O)c1=O)Cn1c-3cc2c(c1=O)COC(=O)[C@@]21OC1C. The molecule has 214 valence electrons. The molecule has 42 heavy (non-hydrogen) atoms. The highest BCUT2D eigenvalue weighted by atomic mass is 19.1. The van der Waals surface area contributed by atoms with E-state index in [1.165, 1.54) is 6.07 Å². The molecule has 4 aromatic rings. The summed E-state index contributed by atoms with van der Waals surface area (Å²) >= 11 is 0. The molecular formula is C30H25FN4O7. The lowest BCUT2D eigenvalue weighted by Gasteiger charge is -2.31. The number of esters is 1. The van der Waals surface area contributed by atoms with E-state index in [2.05, 4.69) is 10.6 Å². The van der Waals surface area contributed by atoms with Gasteiger partial charge in [0.25, 0.3) is 16.4 Å². The number of benzene rings is 1. The minimum absolute atomic E-state index is 0.110. The highest BCUT2D eigenvalue weighted by molar-refractivity contribution is 5.94. The van der Waals surface area contributed by atoms with E-state index < -0.39 is 34.6 Å². The highest BCUT2D eigenvalue weighted by Gasteiger charge is 2.65. The van der Waals surface area contributed by atoms with Crippen molar-refractivity contribution in [1.29, 1.82) is 0 Å². The van der Waals surface area contributed by atoms with Crippen LogP contribution < -0.4 is 27.1 Å². The van der Waals surface area contributed by atoms with Crippen molar-refractivity contribution < 1.29 is 23.8 Å². The number of anilines is 2. The summed E-state index contributed by atoms with van der Waals surface area (Å²) in [6.07, 6.45) is 0.564. The first-order valence-electron chi connectivity index (χ1n) is 13.9. The van der Waals surface area contributed by atoms with Crippen molar-refractivity contribution in [3.8, 4) is 11.4 Å². The summed E-state index contributed by atoms with van der Waals surface area (Å²) < 4.78 is 27.8. The zero-order valence-corrected chi connectivity index (χ0v) is 22.7. The van der Waals surface area contributed by atoms with Gasteiger partial charge in [0, 0.05) is 29.1 Å². The van der Waals surface area contributed by atoms with Gasteiger partial charge in [0.2, 0.25) is 5.60 Å². The van der Waals surface area contributed by atoms with E-state index in [1.54, 1.807) is 24.5 Å². The number of pyridine rings is 2. The van der Waals surface area contributed by atoms with Crippen LogP contribution in [0, 0.1) is 12.7 Å². The number of nitrogens with zero attached hydrogens (tertiary/aromatic N) is 2. The summed E-state index contributed by atoms with van der Waals surface area (Å²) in [7, 11) is 0. The van der Waals surface area contributed by atoms with Gasteiger partial charge in [-0.2, -0.15) is 0 Å². The largest absolute Gasteiger partial charge is 0.458 e. The number of cyclic esters (lactones) is 1. The summed E-state index contributed by atoms with van der Waals surface area (Å²) in [5, 5.41) is 16.0. The Balaban J connectivity index is 1.35. The zero-order chi connectivity index (χ0) is 29.2. The molecule has 1 aliphatic carbocycles. The molecule has 2 aromatic heterocycles. The lowest BCUT2D eigenvalue weighted by molar-refractivity contribution is -0.154. The Bertz CT molecular complexity index is 2060. The van der Waals surface area contributed by atoms with Crippen LogP contribution in [-0.4, -0.2) is 39.9 Å². The van der Waals surface area contributed by atoms with Crippen LogP contribution in [0.2, 0.25) is 0 Å². The number of halogens is 1. The van der Waals surface area contributed by atoms with E-state index in [4.69, 9.17) is 14.5 Å². The Labute approximate surface area is 236 Å². The summed E-state index contributed by atoms with van der Waals surface area (Å²) in [6.45, 7) is 3.40. The van der Waals surface area contributed by atoms with Gasteiger partial charge in [-0.25, -0.2) is 14.2 Å². The third-order valence-electron chi connectivity index (χ3n) is 9.31. The summed E-state index contributed by atoms with van der Waals surface area (Å²) in [5.41, 5.74) is 2.43. The molecule has 0 radical (unpaired) electrons. The average Bonchev–Trinajstić information content (AvgIpc) is 3.51. The molecule has 0 amide bonds. The van der Waals surface area contributed by atoms with Crippen molar-refractivity contribution in [1.82, 2.24) is 9.55 Å². The van der Waals surface area contributed by atoms with Gasteiger partial charge >= 0.3 is 5.97 Å². The van der Waals surface area contributed by atoms with Crippen LogP contribution in [0.25, 0.3) is 22.3 Å². The number of ether oxygens (including phenoxy) is 2. The number of nitrogens with one attached hydrogen (secondary N) is 2. The zero-order valence-electron chi connectivity index (χ0n) is 22.7. The maximum absolute atomic E-state index is 15.1. The number of aliphatic hydroxyl groups is 1. The molecule has 2 aromatic carbocycles. The van der Waals surface area contributed by atoms with Gasteiger partial charge in [-0.05, 0) is 49.4 Å². The lowest BCUT2D eigenvalue weighted by Crippen LogP contribution is -2.39. The second-order valence-corrected chi connectivity index (χ2v) is 11.4. The van der Waals surface area contributed by atoms with Crippen LogP contribution in [-0.2, 0) is 39.4 Å². The maximum atomic E-state index is 15.1. The number of aryl methyl sites for hydroxylation is 1. The Morgan fingerprint density at radius 1 is 1.14 bits per heavy atom. The standard InChI is InChI=1S/C30H25FN4O7/c1-11-13-3-4-18(33-25-24(32-5-6-36)26(37)27(25)38)22-14-9-35-20(23(14)34-19(21(13)22)8-17(11)31)7-16-15(28(35)39)10-41-29(40)30(16)12(2)42-30/h7-8,12,18,32-33,36H,3-6,9-10H2,1-2H3/t12?,18-,30-/m0/s1. The third kappa shape index (κ3) is 3.03. The fourth-order valence-corrected chi connectivity index (χ4v) is 7.11. The van der Waals surface area contributed by atoms with Gasteiger partial charge in [-0.15, -0.1) is 0 Å². The number of rotatable bonds is 5. The molecule has 12 heteroatoms. The van der Waals surface area contributed by atoms with Gasteiger partial charge in [0.15, 0.2) is 0 Å². The van der Waals surface area contributed by atoms with Crippen LogP contribution >= 0.6 is 0 Å². The van der Waals surface area contributed by atoms with E-state index >= 15 is 4.39 Å². The number of epoxide rings is 1. The number of carbonyl (C=O) groups excluding carboxylic acids is 1. The van der Waals surface area contributed by atoms with Crippen molar-refractivity contribution >= 4 is 28.2 Å². The lowest BCUT2D eigenvalue weighted by atomic mass is 9.81. The number of carbonyl (C=O) groups is 1. The molecule has 11 nitrogen and oxygen atoms in total. The van der Waals surface area contributed by atoms with Crippen LogP contribution in [0.5, 0.6) is 0 Å². The second-order valence-electron chi connectivity index (χ2n) is 11.4. The number of aliphatic hydroxyl groups excluding tert-OH is 1. The predicted octanol–water partition coefficient (Wildman–Crippen LogP) is 1.64.